The number of anilines is 1. The Morgan fingerprint density at radius 1 is 1.06 bits per heavy atom. The Balaban J connectivity index is 0.00000272. The Hall–Kier alpha value is -2.33. The Labute approximate surface area is 200 Å². The van der Waals surface area contributed by atoms with E-state index in [0.29, 0.717) is 0 Å². The maximum Gasteiger partial charge on any atom is 0.191 e. The number of likely N-dealkylation sites (tertiary alicyclic amines) is 1. The monoisotopic (exact) mass is 534 g/mol. The summed E-state index contributed by atoms with van der Waals surface area (Å²) in [6, 6.07) is 16.5. The molecule has 1 saturated heterocycles. The van der Waals surface area contributed by atoms with E-state index in [-0.39, 0.29) is 30.0 Å². The fourth-order valence-corrected chi connectivity index (χ4v) is 3.89. The van der Waals surface area contributed by atoms with Gasteiger partial charge in [-0.15, -0.1) is 24.0 Å². The van der Waals surface area contributed by atoms with E-state index < -0.39 is 0 Å². The quantitative estimate of drug-likeness (QED) is 0.176. The SMILES string of the molecule is CN=C(NCCNc1ccc2ccccc2n1)NCC(c1ccco1)N1CCCC1.I. The first-order chi connectivity index (χ1) is 14.8. The summed E-state index contributed by atoms with van der Waals surface area (Å²) in [7, 11) is 1.80. The average Bonchev–Trinajstić information content (AvgIpc) is 3.50. The van der Waals surface area contributed by atoms with Crippen molar-refractivity contribution in [1.29, 1.82) is 0 Å². The second kappa shape index (κ2) is 11.9. The Morgan fingerprint density at radius 3 is 2.68 bits per heavy atom. The molecule has 166 valence electrons. The van der Waals surface area contributed by atoms with E-state index in [0.717, 1.165) is 61.2 Å². The molecule has 31 heavy (non-hydrogen) atoms. The molecule has 0 aliphatic carbocycles. The van der Waals surface area contributed by atoms with Crippen molar-refractivity contribution in [3.05, 3.63) is 60.6 Å². The van der Waals surface area contributed by atoms with Crippen LogP contribution in [0, 0.1) is 0 Å². The number of nitrogens with one attached hydrogen (secondary N) is 3. The maximum absolute atomic E-state index is 5.69. The minimum absolute atomic E-state index is 0. The molecule has 1 atom stereocenters. The Bertz CT molecular complexity index is 956. The standard InChI is InChI=1S/C23H30N6O.HI/c1-24-23(27-17-20(21-9-6-16-30-21)29-14-4-5-15-29)26-13-12-25-22-11-10-18-7-2-3-8-19(18)28-22;/h2-3,6-11,16,20H,4-5,12-15,17H2,1H3,(H,25,28)(H2,24,26,27);1H. The summed E-state index contributed by atoms with van der Waals surface area (Å²) in [5.41, 5.74) is 0.999. The zero-order chi connectivity index (χ0) is 20.6. The van der Waals surface area contributed by atoms with Gasteiger partial charge in [-0.3, -0.25) is 9.89 Å². The summed E-state index contributed by atoms with van der Waals surface area (Å²) in [5.74, 6) is 2.67. The van der Waals surface area contributed by atoms with Crippen LogP contribution in [0.4, 0.5) is 5.82 Å². The van der Waals surface area contributed by atoms with Gasteiger partial charge in [-0.2, -0.15) is 0 Å². The highest BCUT2D eigenvalue weighted by molar-refractivity contribution is 14.0. The van der Waals surface area contributed by atoms with Gasteiger partial charge >= 0.3 is 0 Å². The Kier molecular flexibility index (Phi) is 8.96. The molecule has 4 rings (SSSR count). The molecule has 1 unspecified atom stereocenters. The van der Waals surface area contributed by atoms with E-state index in [1.54, 1.807) is 13.3 Å². The molecule has 0 saturated carbocycles. The molecule has 1 aromatic carbocycles. The molecule has 2 aromatic heterocycles. The molecule has 3 aromatic rings. The Morgan fingerprint density at radius 2 is 1.90 bits per heavy atom. The van der Waals surface area contributed by atoms with Crippen molar-refractivity contribution >= 4 is 46.7 Å². The molecule has 1 aliphatic rings. The van der Waals surface area contributed by atoms with Gasteiger partial charge < -0.3 is 20.4 Å². The van der Waals surface area contributed by atoms with Gasteiger partial charge in [0.1, 0.15) is 11.6 Å². The second-order valence-electron chi connectivity index (χ2n) is 7.47. The van der Waals surface area contributed by atoms with Crippen LogP contribution in [-0.2, 0) is 0 Å². The van der Waals surface area contributed by atoms with Crippen LogP contribution in [-0.4, -0.2) is 55.6 Å². The largest absolute Gasteiger partial charge is 0.468 e. The van der Waals surface area contributed by atoms with Gasteiger partial charge in [-0.1, -0.05) is 18.2 Å². The summed E-state index contributed by atoms with van der Waals surface area (Å²) in [6.45, 7) is 4.47. The highest BCUT2D eigenvalue weighted by atomic mass is 127. The molecular weight excluding hydrogens is 503 g/mol. The molecule has 1 fully saturated rings. The molecule has 0 radical (unpaired) electrons. The number of aromatic nitrogens is 1. The first kappa shape index (κ1) is 23.3. The second-order valence-corrected chi connectivity index (χ2v) is 7.47. The van der Waals surface area contributed by atoms with Crippen LogP contribution in [0.2, 0.25) is 0 Å². The number of hydrogen-bond donors (Lipinski definition) is 3. The van der Waals surface area contributed by atoms with Gasteiger partial charge in [0.25, 0.3) is 0 Å². The van der Waals surface area contributed by atoms with Gasteiger partial charge in [-0.05, 0) is 56.3 Å². The molecular formula is C23H31IN6O. The van der Waals surface area contributed by atoms with E-state index >= 15 is 0 Å². The maximum atomic E-state index is 5.69. The molecule has 7 nitrogen and oxygen atoms in total. The van der Waals surface area contributed by atoms with Crippen molar-refractivity contribution in [2.75, 3.05) is 45.1 Å². The number of aliphatic imine (C=N–C) groups is 1. The van der Waals surface area contributed by atoms with Gasteiger partial charge in [0.05, 0.1) is 17.8 Å². The fraction of sp³-hybridized carbons (Fsp3) is 0.391. The summed E-state index contributed by atoms with van der Waals surface area (Å²) < 4.78 is 5.69. The number of guanidine groups is 1. The zero-order valence-corrected chi connectivity index (χ0v) is 20.2. The molecule has 1 aliphatic heterocycles. The molecule has 3 heterocycles. The van der Waals surface area contributed by atoms with Crippen molar-refractivity contribution in [3.63, 3.8) is 0 Å². The predicted octanol–water partition coefficient (Wildman–Crippen LogP) is 3.86. The summed E-state index contributed by atoms with van der Waals surface area (Å²) in [4.78, 5) is 11.5. The summed E-state index contributed by atoms with van der Waals surface area (Å²) in [6.07, 6.45) is 4.25. The minimum atomic E-state index is 0. The van der Waals surface area contributed by atoms with E-state index in [9.17, 15) is 0 Å². The van der Waals surface area contributed by atoms with Crippen LogP contribution >= 0.6 is 24.0 Å². The molecule has 8 heteroatoms. The molecule has 0 bridgehead atoms. The van der Waals surface area contributed by atoms with Gasteiger partial charge in [0, 0.05) is 32.1 Å². The van der Waals surface area contributed by atoms with Crippen molar-refractivity contribution in [3.8, 4) is 0 Å². The number of para-hydroxylation sites is 1. The number of rotatable bonds is 8. The van der Waals surface area contributed by atoms with E-state index in [4.69, 9.17) is 4.42 Å². The van der Waals surface area contributed by atoms with Gasteiger partial charge in [0.2, 0.25) is 0 Å². The topological polar surface area (TPSA) is 77.7 Å². The van der Waals surface area contributed by atoms with Gasteiger partial charge in [0.15, 0.2) is 5.96 Å². The van der Waals surface area contributed by atoms with Crippen LogP contribution < -0.4 is 16.0 Å². The van der Waals surface area contributed by atoms with E-state index in [2.05, 4.69) is 49.0 Å². The predicted molar refractivity (Wildman–Crippen MR) is 137 cm³/mol. The lowest BCUT2D eigenvalue weighted by molar-refractivity contribution is 0.215. The van der Waals surface area contributed by atoms with Crippen molar-refractivity contribution in [2.24, 2.45) is 4.99 Å². The lowest BCUT2D eigenvalue weighted by atomic mass is 10.2. The number of benzene rings is 1. The third kappa shape index (κ3) is 6.33. The highest BCUT2D eigenvalue weighted by Gasteiger charge is 2.25. The number of halogens is 1. The van der Waals surface area contributed by atoms with Crippen LogP contribution in [0.25, 0.3) is 10.9 Å². The number of nitrogens with zero attached hydrogens (tertiary/aromatic N) is 3. The van der Waals surface area contributed by atoms with Crippen molar-refractivity contribution < 1.29 is 4.42 Å². The van der Waals surface area contributed by atoms with Crippen molar-refractivity contribution in [1.82, 2.24) is 20.5 Å². The first-order valence-corrected chi connectivity index (χ1v) is 10.6. The number of hydrogen-bond acceptors (Lipinski definition) is 5. The summed E-state index contributed by atoms with van der Waals surface area (Å²) >= 11 is 0. The van der Waals surface area contributed by atoms with Crippen molar-refractivity contribution in [2.45, 2.75) is 18.9 Å². The van der Waals surface area contributed by atoms with Gasteiger partial charge in [-0.25, -0.2) is 4.98 Å². The number of furan rings is 1. The van der Waals surface area contributed by atoms with Crippen LogP contribution in [0.15, 0.2) is 64.2 Å². The number of fused-ring (bicyclic) bond motifs is 1. The van der Waals surface area contributed by atoms with E-state index in [1.807, 2.05) is 30.3 Å². The third-order valence-electron chi connectivity index (χ3n) is 5.46. The molecule has 0 spiro atoms. The highest BCUT2D eigenvalue weighted by Crippen LogP contribution is 2.24. The minimum Gasteiger partial charge on any atom is -0.468 e. The van der Waals surface area contributed by atoms with E-state index in [1.165, 1.54) is 12.8 Å². The first-order valence-electron chi connectivity index (χ1n) is 10.6. The lowest BCUT2D eigenvalue weighted by Gasteiger charge is -2.26. The normalized spacial score (nSPS) is 15.5. The third-order valence-corrected chi connectivity index (χ3v) is 5.46. The summed E-state index contributed by atoms with van der Waals surface area (Å²) in [5, 5.41) is 11.3. The number of pyridine rings is 1. The lowest BCUT2D eigenvalue weighted by Crippen LogP contribution is -2.43. The van der Waals surface area contributed by atoms with Crippen LogP contribution in [0.1, 0.15) is 24.6 Å². The zero-order valence-electron chi connectivity index (χ0n) is 17.9. The average molecular weight is 534 g/mol. The molecule has 3 N–H and O–H groups in total. The fourth-order valence-electron chi connectivity index (χ4n) is 3.89. The van der Waals surface area contributed by atoms with Crippen LogP contribution in [0.3, 0.4) is 0 Å². The molecule has 0 amide bonds. The smallest absolute Gasteiger partial charge is 0.191 e. The van der Waals surface area contributed by atoms with Crippen LogP contribution in [0.5, 0.6) is 0 Å².